The number of aryl methyl sites for hydroxylation is 3. The average molecular weight is 827 g/mol. The van der Waals surface area contributed by atoms with Gasteiger partial charge in [0.05, 0.1) is 23.8 Å². The molecule has 3 aromatic carbocycles. The highest BCUT2D eigenvalue weighted by Crippen LogP contribution is 2.28. The molecule has 0 radical (unpaired) electrons. The fraction of sp³-hybridized carbons (Fsp3) is 0.302. The van der Waals surface area contributed by atoms with Gasteiger partial charge in [-0.2, -0.15) is 0 Å². The van der Waals surface area contributed by atoms with Gasteiger partial charge in [-0.1, -0.05) is 67.5 Å². The molecule has 7 rings (SSSR count). The summed E-state index contributed by atoms with van der Waals surface area (Å²) >= 11 is 0. The molecular weight excluding hydrogens is 781 g/mol. The van der Waals surface area contributed by atoms with Gasteiger partial charge in [-0.05, 0) is 105 Å². The number of rotatable bonds is 10. The van der Waals surface area contributed by atoms with Crippen LogP contribution >= 0.6 is 0 Å². The molecule has 1 aliphatic carbocycles. The van der Waals surface area contributed by atoms with Gasteiger partial charge in [0.2, 0.25) is 0 Å². The number of hydrogen-bond acceptors (Lipinski definition) is 15. The Labute approximate surface area is 352 Å². The van der Waals surface area contributed by atoms with Gasteiger partial charge in [0.15, 0.2) is 24.1 Å². The number of carbonyl (C=O) groups excluding carboxylic acids is 3. The Morgan fingerprint density at radius 1 is 0.672 bits per heavy atom. The molecule has 61 heavy (non-hydrogen) atoms. The molecule has 18 nitrogen and oxygen atoms in total. The number of ether oxygens (including phenoxy) is 3. The van der Waals surface area contributed by atoms with Crippen molar-refractivity contribution in [2.75, 3.05) is 20.3 Å². The molecule has 0 fully saturated rings. The Kier molecular flexibility index (Phi) is 15.9. The Bertz CT molecular complexity index is 2510. The summed E-state index contributed by atoms with van der Waals surface area (Å²) in [4.78, 5) is 35.2. The highest BCUT2D eigenvalue weighted by Gasteiger charge is 2.17. The first-order valence-electron chi connectivity index (χ1n) is 19.2. The first-order chi connectivity index (χ1) is 29.5. The van der Waals surface area contributed by atoms with Crippen LogP contribution in [0.15, 0.2) is 96.6 Å². The number of tetrazole rings is 3. The van der Waals surface area contributed by atoms with E-state index in [-0.39, 0.29) is 18.5 Å². The highest BCUT2D eigenvalue weighted by atomic mass is 16.5. The molecule has 0 N–H and O–H groups in total. The van der Waals surface area contributed by atoms with Gasteiger partial charge in [-0.3, -0.25) is 0 Å². The van der Waals surface area contributed by atoms with Crippen molar-refractivity contribution in [3.63, 3.8) is 0 Å². The van der Waals surface area contributed by atoms with Crippen LogP contribution in [-0.4, -0.2) is 98.9 Å². The molecule has 3 aromatic heterocycles. The number of allylic oxidation sites excluding steroid dienone is 2. The predicted molar refractivity (Wildman–Crippen MR) is 223 cm³/mol. The first-order valence-corrected chi connectivity index (χ1v) is 19.2. The number of nitrogens with zero attached hydrogens (tertiary/aromatic N) is 12. The Balaban J connectivity index is 0.000000178. The second-order valence-corrected chi connectivity index (χ2v) is 13.6. The Morgan fingerprint density at radius 3 is 1.44 bits per heavy atom. The van der Waals surface area contributed by atoms with Crippen LogP contribution in [0.2, 0.25) is 0 Å². The molecule has 0 saturated heterocycles. The van der Waals surface area contributed by atoms with Gasteiger partial charge < -0.3 is 14.2 Å². The zero-order chi connectivity index (χ0) is 43.7. The van der Waals surface area contributed by atoms with Gasteiger partial charge in [0, 0.05) is 44.3 Å². The van der Waals surface area contributed by atoms with Crippen LogP contribution in [0.25, 0.3) is 34.2 Å². The van der Waals surface area contributed by atoms with Crippen molar-refractivity contribution >= 4 is 17.9 Å². The molecule has 18 heteroatoms. The summed E-state index contributed by atoms with van der Waals surface area (Å²) in [7, 11) is 6.63. The quantitative estimate of drug-likeness (QED) is 0.0728. The standard InChI is InChI=1S/C19H22N4O2.C14H14N4O2.C10H10N4O2/c1-13(2)15-6-4-14(5-7-15)12-25-19(24)17-10-8-16(9-11-17)18-20-21-22-23(18)3;1-3-4-5-10-20-14(19)12-8-6-11(7-9-12)13-15-16-17-18(13)2;1-14-9(11-12-13-14)7-3-5-8(6-4-7)10(15)16-2/h4,8-11,15H,1,5-7,12H2,2-3H3;6-9H,3,10H2,1-2H3;3-6H,1-2H3. The van der Waals surface area contributed by atoms with E-state index in [1.54, 1.807) is 95.9 Å². The summed E-state index contributed by atoms with van der Waals surface area (Å²) in [6, 6.07) is 20.9. The first kappa shape index (κ1) is 44.4. The minimum absolute atomic E-state index is 0.113. The Morgan fingerprint density at radius 2 is 1.10 bits per heavy atom. The van der Waals surface area contributed by atoms with Crippen molar-refractivity contribution < 1.29 is 28.6 Å². The van der Waals surface area contributed by atoms with E-state index in [0.29, 0.717) is 46.7 Å². The van der Waals surface area contributed by atoms with E-state index in [0.717, 1.165) is 42.4 Å². The third-order valence-corrected chi connectivity index (χ3v) is 9.35. The molecule has 3 heterocycles. The van der Waals surface area contributed by atoms with Crippen molar-refractivity contribution in [2.45, 2.75) is 39.5 Å². The van der Waals surface area contributed by atoms with E-state index in [1.165, 1.54) is 18.3 Å². The minimum atomic E-state index is -0.391. The summed E-state index contributed by atoms with van der Waals surface area (Å²) in [5, 5.41) is 33.7. The van der Waals surface area contributed by atoms with Crippen molar-refractivity contribution in [3.05, 3.63) is 113 Å². The third kappa shape index (κ3) is 12.4. The number of carbonyl (C=O) groups is 3. The lowest BCUT2D eigenvalue weighted by Crippen LogP contribution is -2.12. The second-order valence-electron chi connectivity index (χ2n) is 13.6. The zero-order valence-electron chi connectivity index (χ0n) is 34.8. The van der Waals surface area contributed by atoms with E-state index in [4.69, 9.17) is 9.47 Å². The molecular formula is C43H46N12O6. The van der Waals surface area contributed by atoms with Gasteiger partial charge in [-0.15, -0.1) is 21.2 Å². The molecule has 0 bridgehead atoms. The number of hydrogen-bond donors (Lipinski definition) is 0. The minimum Gasteiger partial charge on any atom is -0.465 e. The molecule has 1 unspecified atom stereocenters. The van der Waals surface area contributed by atoms with E-state index in [2.05, 4.69) is 82.7 Å². The van der Waals surface area contributed by atoms with E-state index < -0.39 is 5.97 Å². The Hall–Kier alpha value is -7.68. The highest BCUT2D eigenvalue weighted by molar-refractivity contribution is 5.91. The summed E-state index contributed by atoms with van der Waals surface area (Å²) in [6.07, 6.45) is 5.96. The number of methoxy groups -OCH3 is 1. The van der Waals surface area contributed by atoms with Crippen LogP contribution in [0.5, 0.6) is 0 Å². The van der Waals surface area contributed by atoms with E-state index in [9.17, 15) is 14.4 Å². The number of aromatic nitrogens is 12. The monoisotopic (exact) mass is 826 g/mol. The average Bonchev–Trinajstić information content (AvgIpc) is 4.05. The molecule has 1 aliphatic rings. The fourth-order valence-corrected chi connectivity index (χ4v) is 5.88. The van der Waals surface area contributed by atoms with Gasteiger partial charge >= 0.3 is 17.9 Å². The molecule has 0 saturated carbocycles. The summed E-state index contributed by atoms with van der Waals surface area (Å²) in [5.41, 5.74) is 6.45. The van der Waals surface area contributed by atoms with Crippen LogP contribution in [-0.2, 0) is 35.4 Å². The topological polar surface area (TPSA) is 210 Å². The molecule has 0 spiro atoms. The lowest BCUT2D eigenvalue weighted by molar-refractivity contribution is 0.0531. The molecule has 1 atom stereocenters. The normalized spacial score (nSPS) is 12.8. The molecule has 0 aliphatic heterocycles. The maximum absolute atomic E-state index is 12.2. The molecule has 6 aromatic rings. The number of esters is 3. The SMILES string of the molecule is C=C(C)C1CC=C(COC(=O)c2ccc(-c3nnnn3C)cc2)CC1.CCC#CCOC(=O)c1ccc(-c2nnnn2C)cc1.COC(=O)c1ccc(-c2nnnn2C)cc1. The van der Waals surface area contributed by atoms with Crippen molar-refractivity contribution in [1.82, 2.24) is 60.6 Å². The van der Waals surface area contributed by atoms with Crippen LogP contribution < -0.4 is 0 Å². The van der Waals surface area contributed by atoms with Crippen LogP contribution in [0, 0.1) is 17.8 Å². The van der Waals surface area contributed by atoms with Gasteiger partial charge in [0.1, 0.15) is 6.61 Å². The number of benzene rings is 3. The fourth-order valence-electron chi connectivity index (χ4n) is 5.88. The molecule has 0 amide bonds. The predicted octanol–water partition coefficient (Wildman–Crippen LogP) is 5.45. The lowest BCUT2D eigenvalue weighted by atomic mass is 9.86. The third-order valence-electron chi connectivity index (χ3n) is 9.35. The summed E-state index contributed by atoms with van der Waals surface area (Å²) < 4.78 is 19.8. The lowest BCUT2D eigenvalue weighted by Gasteiger charge is -2.22. The van der Waals surface area contributed by atoms with E-state index in [1.807, 2.05) is 19.1 Å². The van der Waals surface area contributed by atoms with Crippen LogP contribution in [0.4, 0.5) is 0 Å². The van der Waals surface area contributed by atoms with Gasteiger partial charge in [-0.25, -0.2) is 28.4 Å². The van der Waals surface area contributed by atoms with Gasteiger partial charge in [0.25, 0.3) is 0 Å². The smallest absolute Gasteiger partial charge is 0.339 e. The maximum atomic E-state index is 12.2. The van der Waals surface area contributed by atoms with Crippen LogP contribution in [0.3, 0.4) is 0 Å². The second kappa shape index (κ2) is 21.9. The largest absolute Gasteiger partial charge is 0.465 e. The molecule has 314 valence electrons. The van der Waals surface area contributed by atoms with Crippen molar-refractivity contribution in [3.8, 4) is 46.0 Å². The van der Waals surface area contributed by atoms with Crippen LogP contribution in [0.1, 0.15) is 70.6 Å². The van der Waals surface area contributed by atoms with Crippen molar-refractivity contribution in [1.29, 1.82) is 0 Å². The van der Waals surface area contributed by atoms with Crippen molar-refractivity contribution in [2.24, 2.45) is 27.1 Å². The summed E-state index contributed by atoms with van der Waals surface area (Å²) in [6.45, 7) is 8.50. The maximum Gasteiger partial charge on any atom is 0.339 e. The van der Waals surface area contributed by atoms with E-state index >= 15 is 0 Å². The summed E-state index contributed by atoms with van der Waals surface area (Å²) in [5.74, 6) is 7.02. The zero-order valence-corrected chi connectivity index (χ0v) is 34.8.